The third-order valence-electron chi connectivity index (χ3n) is 3.82. The lowest BCUT2D eigenvalue weighted by atomic mass is 10.2. The summed E-state index contributed by atoms with van der Waals surface area (Å²) in [6.07, 6.45) is -3.94. The maximum Gasteiger partial charge on any atom is 0.417 e. The van der Waals surface area contributed by atoms with Gasteiger partial charge in [-0.1, -0.05) is 11.6 Å². The lowest BCUT2D eigenvalue weighted by Gasteiger charge is -2.24. The molecule has 1 fully saturated rings. The Bertz CT molecular complexity index is 819. The second-order valence-electron chi connectivity index (χ2n) is 5.57. The van der Waals surface area contributed by atoms with Crippen LogP contribution in [0.4, 0.5) is 13.2 Å². The molecule has 0 unspecified atom stereocenters. The van der Waals surface area contributed by atoms with E-state index >= 15 is 0 Å². The van der Waals surface area contributed by atoms with E-state index in [0.717, 1.165) is 4.90 Å². The Morgan fingerprint density at radius 2 is 2.08 bits per heavy atom. The van der Waals surface area contributed by atoms with Crippen molar-refractivity contribution in [3.8, 4) is 0 Å². The number of rotatable bonds is 3. The molecule has 1 aromatic rings. The highest BCUT2D eigenvalue weighted by Gasteiger charge is 2.34. The minimum Gasteiger partial charge on any atom is -0.340 e. The number of alkyl halides is 3. The van der Waals surface area contributed by atoms with Gasteiger partial charge in [-0.15, -0.1) is 0 Å². The molecule has 6 nitrogen and oxygen atoms in total. The van der Waals surface area contributed by atoms with E-state index in [-0.39, 0.29) is 17.9 Å². The quantitative estimate of drug-likeness (QED) is 0.781. The summed E-state index contributed by atoms with van der Waals surface area (Å²) < 4.78 is 61.8. The Morgan fingerprint density at radius 1 is 1.46 bits per heavy atom. The molecule has 1 amide bonds. The van der Waals surface area contributed by atoms with Crippen molar-refractivity contribution in [2.24, 2.45) is 0 Å². The summed E-state index contributed by atoms with van der Waals surface area (Å²) in [7, 11) is -1.86. The minimum absolute atomic E-state index is 0.0510. The number of amides is 1. The Labute approximate surface area is 140 Å². The number of hydrogen-bond acceptors (Lipinski definition) is 4. The molecular formula is C13H14ClF3N2O4S. The monoisotopic (exact) mass is 386 g/mol. The summed E-state index contributed by atoms with van der Waals surface area (Å²) in [5.74, 6) is -0.924. The average Bonchev–Trinajstić information content (AvgIpc) is 2.81. The predicted molar refractivity (Wildman–Crippen MR) is 80.5 cm³/mol. The molecule has 0 saturated carbocycles. The third-order valence-corrected chi connectivity index (χ3v) is 5.85. The summed E-state index contributed by atoms with van der Waals surface area (Å²) in [6, 6.07) is -0.0579. The number of halogens is 4. The Hall–Kier alpha value is -1.55. The van der Waals surface area contributed by atoms with Gasteiger partial charge in [-0.05, 0) is 12.5 Å². The molecule has 1 atom stereocenters. The highest BCUT2D eigenvalue weighted by Crippen LogP contribution is 2.29. The van der Waals surface area contributed by atoms with E-state index in [0.29, 0.717) is 16.8 Å². The van der Waals surface area contributed by atoms with Crippen molar-refractivity contribution in [3.05, 3.63) is 33.2 Å². The maximum absolute atomic E-state index is 12.8. The van der Waals surface area contributed by atoms with Gasteiger partial charge in [0.05, 0.1) is 17.1 Å². The maximum atomic E-state index is 12.8. The van der Waals surface area contributed by atoms with Gasteiger partial charge in [0.2, 0.25) is 5.91 Å². The van der Waals surface area contributed by atoms with Gasteiger partial charge in [-0.2, -0.15) is 13.2 Å². The number of carbonyl (C=O) groups is 1. The summed E-state index contributed by atoms with van der Waals surface area (Å²) in [5, 5.41) is -0.649. The van der Waals surface area contributed by atoms with Gasteiger partial charge in [-0.3, -0.25) is 9.59 Å². The second-order valence-corrected chi connectivity index (χ2v) is 8.20. The van der Waals surface area contributed by atoms with Crippen LogP contribution in [-0.4, -0.2) is 48.4 Å². The van der Waals surface area contributed by atoms with E-state index in [1.165, 1.54) is 7.05 Å². The van der Waals surface area contributed by atoms with Gasteiger partial charge in [0.25, 0.3) is 5.56 Å². The first-order chi connectivity index (χ1) is 10.9. The van der Waals surface area contributed by atoms with Crippen molar-refractivity contribution >= 4 is 27.3 Å². The van der Waals surface area contributed by atoms with Gasteiger partial charge in [0.15, 0.2) is 9.84 Å². The van der Waals surface area contributed by atoms with Crippen molar-refractivity contribution in [3.63, 3.8) is 0 Å². The molecule has 1 saturated heterocycles. The van der Waals surface area contributed by atoms with Crippen LogP contribution in [0.1, 0.15) is 12.0 Å². The predicted octanol–water partition coefficient (Wildman–Crippen LogP) is 1.17. The highest BCUT2D eigenvalue weighted by atomic mass is 35.5. The first-order valence-corrected chi connectivity index (χ1v) is 9.04. The van der Waals surface area contributed by atoms with Crippen molar-refractivity contribution in [2.45, 2.75) is 25.2 Å². The topological polar surface area (TPSA) is 76.5 Å². The fourth-order valence-electron chi connectivity index (χ4n) is 2.41. The molecule has 1 aromatic heterocycles. The normalized spacial score (nSPS) is 20.1. The number of sulfone groups is 1. The first kappa shape index (κ1) is 18.8. The van der Waals surface area contributed by atoms with E-state index in [9.17, 15) is 31.2 Å². The smallest absolute Gasteiger partial charge is 0.340 e. The Balaban J connectivity index is 2.23. The van der Waals surface area contributed by atoms with Crippen LogP contribution in [0.25, 0.3) is 0 Å². The SMILES string of the molecule is CN(C(=O)Cn1cc(C(F)(F)F)cc(Cl)c1=O)[C@H]1CCS(=O)(=O)C1. The van der Waals surface area contributed by atoms with Crippen molar-refractivity contribution in [2.75, 3.05) is 18.6 Å². The molecule has 2 heterocycles. The third kappa shape index (κ3) is 4.10. The summed E-state index contributed by atoms with van der Waals surface area (Å²) in [4.78, 5) is 25.2. The van der Waals surface area contributed by atoms with E-state index in [2.05, 4.69) is 0 Å². The summed E-state index contributed by atoms with van der Waals surface area (Å²) >= 11 is 5.52. The molecule has 0 N–H and O–H groups in total. The highest BCUT2D eigenvalue weighted by molar-refractivity contribution is 7.91. The summed E-state index contributed by atoms with van der Waals surface area (Å²) in [5.41, 5.74) is -2.07. The molecule has 0 radical (unpaired) electrons. The lowest BCUT2D eigenvalue weighted by molar-refractivity contribution is -0.138. The lowest BCUT2D eigenvalue weighted by Crippen LogP contribution is -2.41. The van der Waals surface area contributed by atoms with Crippen LogP contribution in [0.5, 0.6) is 0 Å². The van der Waals surface area contributed by atoms with Crippen LogP contribution < -0.4 is 5.56 Å². The van der Waals surface area contributed by atoms with Gasteiger partial charge < -0.3 is 9.47 Å². The molecule has 1 aliphatic rings. The molecule has 0 aromatic carbocycles. The van der Waals surface area contributed by atoms with Gasteiger partial charge in [0.1, 0.15) is 11.6 Å². The zero-order valence-electron chi connectivity index (χ0n) is 12.5. The fourth-order valence-corrected chi connectivity index (χ4v) is 4.41. The number of nitrogens with zero attached hydrogens (tertiary/aromatic N) is 2. The standard InChI is InChI=1S/C13H14ClF3N2O4S/c1-18(9-2-3-24(22,23)7-9)11(20)6-19-5-8(13(15,16)17)4-10(14)12(19)21/h4-5,9H,2-3,6-7H2,1H3/t9-/m0/s1. The van der Waals surface area contributed by atoms with Crippen LogP contribution in [0.15, 0.2) is 17.1 Å². The van der Waals surface area contributed by atoms with Crippen LogP contribution in [-0.2, 0) is 27.4 Å². The first-order valence-electron chi connectivity index (χ1n) is 6.84. The number of aromatic nitrogens is 1. The van der Waals surface area contributed by atoms with E-state index < -0.39 is 50.7 Å². The summed E-state index contributed by atoms with van der Waals surface area (Å²) in [6.45, 7) is -0.657. The second kappa shape index (κ2) is 6.40. The van der Waals surface area contributed by atoms with Gasteiger partial charge in [-0.25, -0.2) is 8.42 Å². The number of hydrogen-bond donors (Lipinski definition) is 0. The zero-order valence-corrected chi connectivity index (χ0v) is 14.1. The number of carbonyl (C=O) groups excluding carboxylic acids is 1. The zero-order chi connectivity index (χ0) is 18.3. The van der Waals surface area contributed by atoms with Gasteiger partial charge in [0, 0.05) is 19.3 Å². The van der Waals surface area contributed by atoms with E-state index in [4.69, 9.17) is 11.6 Å². The fraction of sp³-hybridized carbons (Fsp3) is 0.538. The van der Waals surface area contributed by atoms with E-state index in [1.807, 2.05) is 0 Å². The Morgan fingerprint density at radius 3 is 2.58 bits per heavy atom. The number of pyridine rings is 1. The molecule has 2 rings (SSSR count). The average molecular weight is 387 g/mol. The molecule has 0 aliphatic carbocycles. The van der Waals surface area contributed by atoms with Crippen molar-refractivity contribution < 1.29 is 26.4 Å². The van der Waals surface area contributed by atoms with E-state index in [1.54, 1.807) is 0 Å². The minimum atomic E-state index is -4.71. The van der Waals surface area contributed by atoms with Crippen LogP contribution >= 0.6 is 11.6 Å². The largest absolute Gasteiger partial charge is 0.417 e. The van der Waals surface area contributed by atoms with Gasteiger partial charge >= 0.3 is 6.18 Å². The molecule has 134 valence electrons. The van der Waals surface area contributed by atoms with Crippen molar-refractivity contribution in [1.29, 1.82) is 0 Å². The van der Waals surface area contributed by atoms with Crippen LogP contribution in [0.2, 0.25) is 5.02 Å². The molecule has 0 spiro atoms. The van der Waals surface area contributed by atoms with Crippen LogP contribution in [0.3, 0.4) is 0 Å². The molecule has 1 aliphatic heterocycles. The molecule has 24 heavy (non-hydrogen) atoms. The molecule has 0 bridgehead atoms. The molecular weight excluding hydrogens is 373 g/mol. The molecule has 11 heteroatoms. The number of likely N-dealkylation sites (N-methyl/N-ethyl adjacent to an activating group) is 1. The Kier molecular flexibility index (Phi) is 5.01. The van der Waals surface area contributed by atoms with Crippen LogP contribution in [0, 0.1) is 0 Å². The van der Waals surface area contributed by atoms with Crippen molar-refractivity contribution in [1.82, 2.24) is 9.47 Å².